The fraction of sp³-hybridized carbons (Fsp3) is 0.562. The van der Waals surface area contributed by atoms with Gasteiger partial charge in [0.2, 0.25) is 0 Å². The van der Waals surface area contributed by atoms with Crippen LogP contribution in [0.3, 0.4) is 0 Å². The van der Waals surface area contributed by atoms with Gasteiger partial charge in [-0.3, -0.25) is 0 Å². The van der Waals surface area contributed by atoms with Crippen molar-refractivity contribution in [1.82, 2.24) is 0 Å². The van der Waals surface area contributed by atoms with Gasteiger partial charge in [-0.1, -0.05) is 20.8 Å². The summed E-state index contributed by atoms with van der Waals surface area (Å²) in [5, 5.41) is 0.0318. The number of ether oxygens (including phenoxy) is 3. The molecule has 0 bridgehead atoms. The van der Waals surface area contributed by atoms with Crippen LogP contribution in [0.1, 0.15) is 31.1 Å². The molecule has 0 atom stereocenters. The van der Waals surface area contributed by atoms with Gasteiger partial charge in [-0.2, -0.15) is 0 Å². The minimum atomic E-state index is -2.07. The maximum atomic E-state index is 11.7. The molecule has 0 radical (unpaired) electrons. The molecule has 0 aliphatic rings. The van der Waals surface area contributed by atoms with Crippen LogP contribution in [0.15, 0.2) is 12.1 Å². The summed E-state index contributed by atoms with van der Waals surface area (Å²) < 4.78 is 21.8. The van der Waals surface area contributed by atoms with Gasteiger partial charge in [-0.15, -0.1) is 0 Å². The van der Waals surface area contributed by atoms with Crippen LogP contribution in [0.2, 0.25) is 18.1 Å². The van der Waals surface area contributed by atoms with Crippen LogP contribution in [0.25, 0.3) is 0 Å². The van der Waals surface area contributed by atoms with E-state index in [2.05, 4.69) is 33.9 Å². The highest BCUT2D eigenvalue weighted by atomic mass is 28.4. The second kappa shape index (κ2) is 6.60. The van der Waals surface area contributed by atoms with E-state index in [1.165, 1.54) is 21.3 Å². The Bertz CT molecular complexity index is 521. The summed E-state index contributed by atoms with van der Waals surface area (Å²) in [6.45, 7) is 10.7. The fourth-order valence-corrected chi connectivity index (χ4v) is 2.64. The molecule has 0 saturated heterocycles. The highest BCUT2D eigenvalue weighted by molar-refractivity contribution is 6.74. The molecule has 1 aromatic rings. The van der Waals surface area contributed by atoms with E-state index in [1.54, 1.807) is 12.1 Å². The number of methoxy groups -OCH3 is 3. The number of carbonyl (C=O) groups excluding carboxylic acids is 1. The van der Waals surface area contributed by atoms with E-state index in [-0.39, 0.29) is 5.04 Å². The molecular weight excluding hydrogens is 300 g/mol. The summed E-state index contributed by atoms with van der Waals surface area (Å²) in [6.07, 6.45) is 0. The van der Waals surface area contributed by atoms with Crippen LogP contribution in [0.5, 0.6) is 17.2 Å². The van der Waals surface area contributed by atoms with Gasteiger partial charge in [0, 0.05) is 0 Å². The van der Waals surface area contributed by atoms with Crippen molar-refractivity contribution >= 4 is 14.3 Å². The van der Waals surface area contributed by atoms with Crippen molar-refractivity contribution in [1.29, 1.82) is 0 Å². The van der Waals surface area contributed by atoms with Gasteiger partial charge in [0.1, 0.15) is 0 Å². The fourth-order valence-electron chi connectivity index (χ4n) is 1.62. The van der Waals surface area contributed by atoms with Gasteiger partial charge in [0.05, 0.1) is 26.9 Å². The molecule has 0 aliphatic carbocycles. The lowest BCUT2D eigenvalue weighted by Gasteiger charge is -2.37. The standard InChI is InChI=1S/C16H26O5Si/c1-16(2,3)22(7,8)21-14-12(18-4)9-11(15(17)20-6)10-13(14)19-5/h9-10H,1-8H3. The minimum absolute atomic E-state index is 0.0318. The summed E-state index contributed by atoms with van der Waals surface area (Å²) in [4.78, 5) is 11.7. The second-order valence-corrected chi connectivity index (χ2v) is 11.3. The highest BCUT2D eigenvalue weighted by Crippen LogP contribution is 2.44. The number of hydrogen-bond donors (Lipinski definition) is 0. The Morgan fingerprint density at radius 2 is 1.45 bits per heavy atom. The van der Waals surface area contributed by atoms with Gasteiger partial charge < -0.3 is 18.6 Å². The molecule has 0 saturated carbocycles. The minimum Gasteiger partial charge on any atom is -0.539 e. The van der Waals surface area contributed by atoms with E-state index < -0.39 is 14.3 Å². The first-order chi connectivity index (χ1) is 10.1. The SMILES string of the molecule is COC(=O)c1cc(OC)c(O[Si](C)(C)C(C)(C)C)c(OC)c1. The summed E-state index contributed by atoms with van der Waals surface area (Å²) in [5.41, 5.74) is 0.360. The first kappa shape index (κ1) is 18.4. The first-order valence-corrected chi connectivity index (χ1v) is 10.0. The Morgan fingerprint density at radius 1 is 1.00 bits per heavy atom. The number of rotatable bonds is 5. The molecule has 5 nitrogen and oxygen atoms in total. The quantitative estimate of drug-likeness (QED) is 0.607. The van der Waals surface area contributed by atoms with Gasteiger partial charge in [-0.05, 0) is 30.3 Å². The molecule has 0 heterocycles. The molecule has 124 valence electrons. The van der Waals surface area contributed by atoms with Crippen LogP contribution in [0, 0.1) is 0 Å². The normalized spacial score (nSPS) is 11.8. The smallest absolute Gasteiger partial charge is 0.338 e. The van der Waals surface area contributed by atoms with Gasteiger partial charge in [0.25, 0.3) is 8.32 Å². The second-order valence-electron chi connectivity index (χ2n) is 6.56. The zero-order valence-electron chi connectivity index (χ0n) is 14.7. The maximum Gasteiger partial charge on any atom is 0.338 e. The maximum absolute atomic E-state index is 11.7. The van der Waals surface area contributed by atoms with E-state index in [9.17, 15) is 4.79 Å². The molecule has 1 rings (SSSR count). The summed E-state index contributed by atoms with van der Waals surface area (Å²) >= 11 is 0. The number of carbonyl (C=O) groups is 1. The predicted molar refractivity (Wildman–Crippen MR) is 88.7 cm³/mol. The highest BCUT2D eigenvalue weighted by Gasteiger charge is 2.40. The lowest BCUT2D eigenvalue weighted by Crippen LogP contribution is -2.44. The predicted octanol–water partition coefficient (Wildman–Crippen LogP) is 3.87. The molecular formula is C16H26O5Si. The number of esters is 1. The van der Waals surface area contributed by atoms with E-state index in [0.29, 0.717) is 22.8 Å². The Labute approximate surface area is 133 Å². The van der Waals surface area contributed by atoms with Crippen molar-refractivity contribution < 1.29 is 23.4 Å². The molecule has 0 N–H and O–H groups in total. The lowest BCUT2D eigenvalue weighted by atomic mass is 10.2. The molecule has 6 heteroatoms. The van der Waals surface area contributed by atoms with E-state index in [4.69, 9.17) is 18.6 Å². The largest absolute Gasteiger partial charge is 0.539 e. The Balaban J connectivity index is 3.38. The Kier molecular flexibility index (Phi) is 5.51. The molecule has 0 amide bonds. The van der Waals surface area contributed by atoms with Crippen LogP contribution < -0.4 is 13.9 Å². The molecule has 0 aliphatic heterocycles. The molecule has 1 aromatic carbocycles. The third-order valence-electron chi connectivity index (χ3n) is 4.05. The van der Waals surface area contributed by atoms with Crippen molar-refractivity contribution in [2.24, 2.45) is 0 Å². The Hall–Kier alpha value is -1.69. The zero-order chi connectivity index (χ0) is 17.1. The summed E-state index contributed by atoms with van der Waals surface area (Å²) in [5.74, 6) is 1.01. The number of hydrogen-bond acceptors (Lipinski definition) is 5. The molecule has 0 unspecified atom stereocenters. The molecule has 0 aromatic heterocycles. The van der Waals surface area contributed by atoms with E-state index >= 15 is 0 Å². The third-order valence-corrected chi connectivity index (χ3v) is 8.37. The number of benzene rings is 1. The van der Waals surface area contributed by atoms with Gasteiger partial charge in [0.15, 0.2) is 17.2 Å². The third kappa shape index (κ3) is 3.74. The molecule has 0 fully saturated rings. The van der Waals surface area contributed by atoms with Crippen molar-refractivity contribution in [3.8, 4) is 17.2 Å². The topological polar surface area (TPSA) is 54.0 Å². The van der Waals surface area contributed by atoms with Crippen molar-refractivity contribution in [3.63, 3.8) is 0 Å². The van der Waals surface area contributed by atoms with Gasteiger partial charge in [-0.25, -0.2) is 4.79 Å². The summed E-state index contributed by atoms with van der Waals surface area (Å²) in [7, 11) is 2.34. The molecule has 0 spiro atoms. The first-order valence-electron chi connectivity index (χ1n) is 7.10. The van der Waals surface area contributed by atoms with Crippen LogP contribution in [0.4, 0.5) is 0 Å². The van der Waals surface area contributed by atoms with Crippen LogP contribution in [-0.4, -0.2) is 35.6 Å². The van der Waals surface area contributed by atoms with Crippen molar-refractivity contribution in [2.75, 3.05) is 21.3 Å². The summed E-state index contributed by atoms with van der Waals surface area (Å²) in [6, 6.07) is 3.22. The van der Waals surface area contributed by atoms with Crippen LogP contribution in [-0.2, 0) is 4.74 Å². The average Bonchev–Trinajstić information content (AvgIpc) is 2.44. The zero-order valence-corrected chi connectivity index (χ0v) is 15.7. The lowest BCUT2D eigenvalue weighted by molar-refractivity contribution is 0.0600. The Morgan fingerprint density at radius 3 is 1.77 bits per heavy atom. The molecule has 22 heavy (non-hydrogen) atoms. The van der Waals surface area contributed by atoms with Crippen molar-refractivity contribution in [2.45, 2.75) is 38.9 Å². The van der Waals surface area contributed by atoms with E-state index in [0.717, 1.165) is 0 Å². The van der Waals surface area contributed by atoms with Crippen molar-refractivity contribution in [3.05, 3.63) is 17.7 Å². The van der Waals surface area contributed by atoms with Crippen LogP contribution >= 0.6 is 0 Å². The monoisotopic (exact) mass is 326 g/mol. The van der Waals surface area contributed by atoms with E-state index in [1.807, 2.05) is 0 Å². The average molecular weight is 326 g/mol. The van der Waals surface area contributed by atoms with Gasteiger partial charge >= 0.3 is 5.97 Å².